The maximum absolute atomic E-state index is 12.1. The maximum atomic E-state index is 12.1. The highest BCUT2D eigenvalue weighted by atomic mass is 17.0. The van der Waals surface area contributed by atoms with E-state index < -0.39 is 17.4 Å². The normalized spacial score (nSPS) is 39.9. The van der Waals surface area contributed by atoms with Crippen LogP contribution in [-0.4, -0.2) is 42.8 Å². The number of methoxy groups -OCH3 is 2. The molecule has 6 heteroatoms. The fourth-order valence-corrected chi connectivity index (χ4v) is 5.14. The Hall–Kier alpha value is -1.47. The molecule has 0 spiro atoms. The minimum absolute atomic E-state index is 0.132. The Bertz CT molecular complexity index is 667. The van der Waals surface area contributed by atoms with E-state index in [2.05, 4.69) is 31.2 Å². The van der Waals surface area contributed by atoms with E-state index in [4.69, 9.17) is 19.1 Å². The van der Waals surface area contributed by atoms with E-state index in [-0.39, 0.29) is 17.8 Å². The molecule has 1 aromatic rings. The van der Waals surface area contributed by atoms with Gasteiger partial charge in [0, 0.05) is 31.8 Å². The number of benzene rings is 1. The van der Waals surface area contributed by atoms with Gasteiger partial charge in [-0.2, -0.15) is 0 Å². The lowest BCUT2D eigenvalue weighted by Gasteiger charge is -2.57. The predicted octanol–water partition coefficient (Wildman–Crippen LogP) is 3.19. The third-order valence-corrected chi connectivity index (χ3v) is 6.37. The van der Waals surface area contributed by atoms with Gasteiger partial charge in [-0.1, -0.05) is 42.0 Å². The Kier molecular flexibility index (Phi) is 4.55. The summed E-state index contributed by atoms with van der Waals surface area (Å²) in [4.78, 5) is 24.4. The smallest absolute Gasteiger partial charge is 0.337 e. The molecule has 3 fully saturated rings. The van der Waals surface area contributed by atoms with E-state index in [1.807, 2.05) is 6.07 Å². The van der Waals surface area contributed by atoms with Crippen molar-refractivity contribution >= 4 is 5.97 Å². The van der Waals surface area contributed by atoms with Crippen LogP contribution in [0.2, 0.25) is 0 Å². The first-order chi connectivity index (χ1) is 12.5. The van der Waals surface area contributed by atoms with Crippen molar-refractivity contribution in [1.82, 2.24) is 5.23 Å². The standard InChI is InChI=1S/C20H27NO5/c1-19-13-16(18(22)23-2)25-21(19)26-20(24-3)12-8-7-11-15(20)17(19)14-9-5-4-6-10-14/h4-6,9-10,15-17H,7-8,11-13H2,1-3H3. The van der Waals surface area contributed by atoms with Gasteiger partial charge in [0.15, 0.2) is 11.9 Å². The number of ether oxygens (including phenoxy) is 2. The van der Waals surface area contributed by atoms with E-state index in [0.29, 0.717) is 6.42 Å². The zero-order valence-electron chi connectivity index (χ0n) is 15.6. The molecule has 0 bridgehead atoms. The summed E-state index contributed by atoms with van der Waals surface area (Å²) in [5.41, 5.74) is 0.760. The molecule has 0 N–H and O–H groups in total. The van der Waals surface area contributed by atoms with E-state index in [1.54, 1.807) is 7.11 Å². The van der Waals surface area contributed by atoms with Crippen LogP contribution < -0.4 is 0 Å². The fraction of sp³-hybridized carbons (Fsp3) is 0.650. The topological polar surface area (TPSA) is 57.2 Å². The van der Waals surface area contributed by atoms with Crippen LogP contribution in [0.5, 0.6) is 0 Å². The first-order valence-corrected chi connectivity index (χ1v) is 9.38. The van der Waals surface area contributed by atoms with Gasteiger partial charge in [-0.05, 0) is 25.3 Å². The molecule has 0 radical (unpaired) electrons. The number of carbonyl (C=O) groups is 1. The largest absolute Gasteiger partial charge is 0.467 e. The number of nitrogens with zero attached hydrogens (tertiary/aromatic N) is 1. The lowest BCUT2D eigenvalue weighted by atomic mass is 9.63. The molecule has 5 atom stereocenters. The monoisotopic (exact) mass is 361 g/mol. The molecule has 6 nitrogen and oxygen atoms in total. The molecule has 142 valence electrons. The molecule has 26 heavy (non-hydrogen) atoms. The number of hydrogen-bond donors (Lipinski definition) is 0. The number of esters is 1. The number of carbonyl (C=O) groups excluding carboxylic acids is 1. The van der Waals surface area contributed by atoms with Crippen LogP contribution in [0.1, 0.15) is 50.5 Å². The molecule has 3 aliphatic rings. The van der Waals surface area contributed by atoms with Crippen molar-refractivity contribution in [3.63, 3.8) is 0 Å². The lowest BCUT2D eigenvalue weighted by Crippen LogP contribution is -2.64. The summed E-state index contributed by atoms with van der Waals surface area (Å²) in [6.07, 6.45) is 3.91. The molecule has 5 unspecified atom stereocenters. The van der Waals surface area contributed by atoms with Crippen molar-refractivity contribution in [2.45, 2.75) is 62.4 Å². The van der Waals surface area contributed by atoms with E-state index in [1.165, 1.54) is 17.9 Å². The van der Waals surface area contributed by atoms with Gasteiger partial charge in [-0.25, -0.2) is 9.63 Å². The Morgan fingerprint density at radius 3 is 2.69 bits per heavy atom. The van der Waals surface area contributed by atoms with Crippen molar-refractivity contribution in [1.29, 1.82) is 0 Å². The molecule has 0 amide bonds. The second kappa shape index (κ2) is 6.60. The van der Waals surface area contributed by atoms with Crippen molar-refractivity contribution in [3.05, 3.63) is 35.9 Å². The molecule has 1 aliphatic carbocycles. The average Bonchev–Trinajstić information content (AvgIpc) is 3.02. The van der Waals surface area contributed by atoms with Crippen LogP contribution in [0.4, 0.5) is 0 Å². The summed E-state index contributed by atoms with van der Waals surface area (Å²) in [5, 5.41) is 1.54. The van der Waals surface area contributed by atoms with Crippen molar-refractivity contribution in [2.24, 2.45) is 5.92 Å². The van der Waals surface area contributed by atoms with Crippen molar-refractivity contribution in [2.75, 3.05) is 14.2 Å². The zero-order valence-corrected chi connectivity index (χ0v) is 15.6. The SMILES string of the molecule is COC(=O)C1CC2(C)C(c3ccccc3)C3CCCCC3(OC)ON2O1. The number of hydroxylamine groups is 2. The van der Waals surface area contributed by atoms with Crippen LogP contribution in [0.15, 0.2) is 30.3 Å². The van der Waals surface area contributed by atoms with Crippen LogP contribution in [0, 0.1) is 5.92 Å². The first kappa shape index (κ1) is 17.9. The maximum Gasteiger partial charge on any atom is 0.337 e. The molecule has 2 saturated heterocycles. The Morgan fingerprint density at radius 2 is 2.00 bits per heavy atom. The Labute approximate surface area is 154 Å². The summed E-state index contributed by atoms with van der Waals surface area (Å²) in [7, 11) is 3.09. The van der Waals surface area contributed by atoms with Crippen molar-refractivity contribution in [3.8, 4) is 0 Å². The van der Waals surface area contributed by atoms with Gasteiger partial charge in [-0.15, -0.1) is 0 Å². The molecule has 2 heterocycles. The average molecular weight is 361 g/mol. The summed E-state index contributed by atoms with van der Waals surface area (Å²) >= 11 is 0. The quantitative estimate of drug-likeness (QED) is 0.771. The second-order valence-electron chi connectivity index (χ2n) is 7.78. The summed E-state index contributed by atoms with van der Waals surface area (Å²) in [5.74, 6) is -0.758. The van der Waals surface area contributed by atoms with Gasteiger partial charge in [0.2, 0.25) is 0 Å². The van der Waals surface area contributed by atoms with Crippen molar-refractivity contribution < 1.29 is 23.9 Å². The van der Waals surface area contributed by atoms with Crippen LogP contribution in [-0.2, 0) is 23.9 Å². The minimum atomic E-state index is -0.719. The molecule has 1 saturated carbocycles. The molecular formula is C20H27NO5. The molecule has 1 aromatic carbocycles. The summed E-state index contributed by atoms with van der Waals surface area (Å²) in [6.45, 7) is 2.11. The van der Waals surface area contributed by atoms with Crippen LogP contribution >= 0.6 is 0 Å². The third kappa shape index (κ3) is 2.59. The Morgan fingerprint density at radius 1 is 1.23 bits per heavy atom. The van der Waals surface area contributed by atoms with Gasteiger partial charge >= 0.3 is 5.97 Å². The van der Waals surface area contributed by atoms with E-state index in [0.717, 1.165) is 25.7 Å². The zero-order chi connectivity index (χ0) is 18.4. The van der Waals surface area contributed by atoms with Crippen LogP contribution in [0.25, 0.3) is 0 Å². The molecule has 2 aliphatic heterocycles. The van der Waals surface area contributed by atoms with Gasteiger partial charge in [-0.3, -0.25) is 4.84 Å². The molecular weight excluding hydrogens is 334 g/mol. The predicted molar refractivity (Wildman–Crippen MR) is 93.7 cm³/mol. The summed E-state index contributed by atoms with van der Waals surface area (Å²) in [6, 6.07) is 10.4. The van der Waals surface area contributed by atoms with Gasteiger partial charge in [0.1, 0.15) is 0 Å². The number of rotatable bonds is 3. The molecule has 0 aromatic heterocycles. The van der Waals surface area contributed by atoms with Gasteiger partial charge in [0.25, 0.3) is 0 Å². The minimum Gasteiger partial charge on any atom is -0.467 e. The lowest BCUT2D eigenvalue weighted by molar-refractivity contribution is -0.504. The highest BCUT2D eigenvalue weighted by molar-refractivity contribution is 5.75. The highest BCUT2D eigenvalue weighted by Crippen LogP contribution is 2.58. The molecule has 4 rings (SSSR count). The van der Waals surface area contributed by atoms with Crippen LogP contribution in [0.3, 0.4) is 0 Å². The van der Waals surface area contributed by atoms with Gasteiger partial charge < -0.3 is 9.47 Å². The van der Waals surface area contributed by atoms with E-state index >= 15 is 0 Å². The summed E-state index contributed by atoms with van der Waals surface area (Å²) < 4.78 is 10.9. The van der Waals surface area contributed by atoms with E-state index in [9.17, 15) is 4.79 Å². The van der Waals surface area contributed by atoms with Gasteiger partial charge in [0.05, 0.1) is 12.6 Å². The Balaban J connectivity index is 1.79. The number of hydrogen-bond acceptors (Lipinski definition) is 6. The third-order valence-electron chi connectivity index (χ3n) is 6.37. The second-order valence-corrected chi connectivity index (χ2v) is 7.78. The highest BCUT2D eigenvalue weighted by Gasteiger charge is 2.65. The fourth-order valence-electron chi connectivity index (χ4n) is 5.14. The number of fused-ring (bicyclic) bond motifs is 2. The first-order valence-electron chi connectivity index (χ1n) is 9.38.